The van der Waals surface area contributed by atoms with Gasteiger partial charge in [0.25, 0.3) is 0 Å². The quantitative estimate of drug-likeness (QED) is 0.612. The Bertz CT molecular complexity index is 1070. The molecule has 33 heavy (non-hydrogen) atoms. The summed E-state index contributed by atoms with van der Waals surface area (Å²) in [6, 6.07) is 5.42. The normalized spacial score (nSPS) is 17.9. The van der Waals surface area contributed by atoms with E-state index in [1.165, 1.54) is 12.1 Å². The maximum Gasteiger partial charge on any atom is 0.416 e. The monoisotopic (exact) mass is 455 g/mol. The summed E-state index contributed by atoms with van der Waals surface area (Å²) in [5.41, 5.74) is 4.06. The molecule has 2 N–H and O–H groups in total. The number of allylic oxidation sites excluding steroid dienone is 2. The van der Waals surface area contributed by atoms with Crippen LogP contribution in [0.1, 0.15) is 31.0 Å². The number of piperidine rings is 1. The molecule has 0 bridgehead atoms. The number of dihydropyridines is 1. The second kappa shape index (κ2) is 9.31. The van der Waals surface area contributed by atoms with Gasteiger partial charge < -0.3 is 15.2 Å². The van der Waals surface area contributed by atoms with Crippen LogP contribution in [-0.4, -0.2) is 38.9 Å². The third-order valence-electron chi connectivity index (χ3n) is 6.27. The standard InChI is InChI=1S/C25H28F3N5/c1-4-33(23-9-12-29-18(3)17(23)2)22-10-13-32(14-11-22)16-21-15-30-24(31-21)19-5-7-20(8-6-19)25(26,27)28/h4-9,12,15,22,29H,1,3,10-11,13-14,16H2,2H3,(H,30,31). The number of nitrogens with zero attached hydrogens (tertiary/aromatic N) is 3. The van der Waals surface area contributed by atoms with Crippen molar-refractivity contribution < 1.29 is 13.2 Å². The maximum atomic E-state index is 12.8. The minimum atomic E-state index is -4.34. The number of H-pyrrole nitrogens is 1. The zero-order chi connectivity index (χ0) is 23.6. The summed E-state index contributed by atoms with van der Waals surface area (Å²) in [6.45, 7) is 12.7. The van der Waals surface area contributed by atoms with Gasteiger partial charge in [-0.3, -0.25) is 4.90 Å². The molecule has 2 aromatic rings. The van der Waals surface area contributed by atoms with Gasteiger partial charge in [-0.05, 0) is 49.7 Å². The largest absolute Gasteiger partial charge is 0.416 e. The fourth-order valence-electron chi connectivity index (χ4n) is 4.33. The van der Waals surface area contributed by atoms with Crippen LogP contribution in [0.25, 0.3) is 11.4 Å². The maximum absolute atomic E-state index is 12.8. The number of hydrogen-bond donors (Lipinski definition) is 2. The molecular formula is C25H28F3N5. The molecule has 4 rings (SSSR count). The molecule has 3 heterocycles. The van der Waals surface area contributed by atoms with E-state index in [1.54, 1.807) is 6.20 Å². The molecule has 174 valence electrons. The van der Waals surface area contributed by atoms with E-state index in [2.05, 4.69) is 51.2 Å². The van der Waals surface area contributed by atoms with Gasteiger partial charge in [0.2, 0.25) is 0 Å². The van der Waals surface area contributed by atoms with Crippen molar-refractivity contribution in [3.63, 3.8) is 0 Å². The molecular weight excluding hydrogens is 427 g/mol. The van der Waals surface area contributed by atoms with Crippen LogP contribution in [-0.2, 0) is 12.7 Å². The number of alkyl halides is 3. The van der Waals surface area contributed by atoms with Crippen LogP contribution in [0.2, 0.25) is 0 Å². The molecule has 1 aromatic heterocycles. The smallest absolute Gasteiger partial charge is 0.362 e. The van der Waals surface area contributed by atoms with Crippen LogP contribution in [0.5, 0.6) is 0 Å². The first kappa shape index (κ1) is 22.9. The van der Waals surface area contributed by atoms with E-state index in [9.17, 15) is 13.2 Å². The highest BCUT2D eigenvalue weighted by Gasteiger charge is 2.30. The summed E-state index contributed by atoms with van der Waals surface area (Å²) in [5, 5.41) is 3.14. The fraction of sp³-hybridized carbons (Fsp3) is 0.320. The molecule has 0 aliphatic carbocycles. The highest BCUT2D eigenvalue weighted by atomic mass is 19.4. The van der Waals surface area contributed by atoms with Gasteiger partial charge in [0.1, 0.15) is 5.82 Å². The van der Waals surface area contributed by atoms with Crippen LogP contribution >= 0.6 is 0 Å². The molecule has 8 heteroatoms. The number of benzene rings is 1. The number of nitrogens with one attached hydrogen (secondary N) is 2. The number of rotatable bonds is 6. The van der Waals surface area contributed by atoms with Crippen LogP contribution in [0.15, 0.2) is 79.1 Å². The predicted molar refractivity (Wildman–Crippen MR) is 123 cm³/mol. The molecule has 5 nitrogen and oxygen atoms in total. The van der Waals surface area contributed by atoms with E-state index in [1.807, 2.05) is 12.4 Å². The van der Waals surface area contributed by atoms with Crippen LogP contribution in [0, 0.1) is 0 Å². The third kappa shape index (κ3) is 5.06. The lowest BCUT2D eigenvalue weighted by atomic mass is 10.0. The summed E-state index contributed by atoms with van der Waals surface area (Å²) in [6.07, 6.45) is 5.27. The number of imidazole rings is 1. The van der Waals surface area contributed by atoms with Gasteiger partial charge in [0.15, 0.2) is 0 Å². The number of aromatic nitrogens is 2. The van der Waals surface area contributed by atoms with E-state index < -0.39 is 11.7 Å². The van der Waals surface area contributed by atoms with Crippen LogP contribution < -0.4 is 5.32 Å². The number of halogens is 3. The Morgan fingerprint density at radius 1 is 1.21 bits per heavy atom. The average molecular weight is 456 g/mol. The van der Waals surface area contributed by atoms with Crippen molar-refractivity contribution in [2.75, 3.05) is 13.1 Å². The molecule has 0 atom stereocenters. The molecule has 0 unspecified atom stereocenters. The SMILES string of the molecule is C=CN(C1=C(C)C(=C)NC=C1)C1CCN(Cc2cnc(-c3ccc(C(F)(F)F)cc3)[nH]2)CC1. The Labute approximate surface area is 192 Å². The minimum absolute atomic E-state index is 0.365. The zero-order valence-corrected chi connectivity index (χ0v) is 18.6. The van der Waals surface area contributed by atoms with E-state index >= 15 is 0 Å². The lowest BCUT2D eigenvalue weighted by Crippen LogP contribution is -2.42. The highest BCUT2D eigenvalue weighted by molar-refractivity contribution is 5.55. The van der Waals surface area contributed by atoms with Gasteiger partial charge in [-0.1, -0.05) is 25.3 Å². The molecule has 0 saturated carbocycles. The third-order valence-corrected chi connectivity index (χ3v) is 6.27. The lowest BCUT2D eigenvalue weighted by molar-refractivity contribution is -0.137. The van der Waals surface area contributed by atoms with Crippen molar-refractivity contribution in [2.24, 2.45) is 0 Å². The average Bonchev–Trinajstić information content (AvgIpc) is 3.26. The number of hydrogen-bond acceptors (Lipinski definition) is 4. The predicted octanol–water partition coefficient (Wildman–Crippen LogP) is 5.41. The van der Waals surface area contributed by atoms with Gasteiger partial charge in [-0.15, -0.1) is 0 Å². The Balaban J connectivity index is 1.36. The summed E-state index contributed by atoms with van der Waals surface area (Å²) < 4.78 is 38.3. The van der Waals surface area contributed by atoms with Crippen molar-refractivity contribution in [3.8, 4) is 11.4 Å². The molecule has 2 aliphatic heterocycles. The van der Waals surface area contributed by atoms with Crippen molar-refractivity contribution in [2.45, 2.75) is 38.5 Å². The summed E-state index contributed by atoms with van der Waals surface area (Å²) in [4.78, 5) is 12.2. The number of likely N-dealkylation sites (tertiary alicyclic amines) is 1. The van der Waals surface area contributed by atoms with E-state index in [0.717, 1.165) is 67.3 Å². The van der Waals surface area contributed by atoms with Crippen molar-refractivity contribution in [1.29, 1.82) is 0 Å². The van der Waals surface area contributed by atoms with Gasteiger partial charge in [0, 0.05) is 60.7 Å². The Morgan fingerprint density at radius 2 is 1.91 bits per heavy atom. The second-order valence-electron chi connectivity index (χ2n) is 8.40. The fourth-order valence-corrected chi connectivity index (χ4v) is 4.33. The Morgan fingerprint density at radius 3 is 2.55 bits per heavy atom. The van der Waals surface area contributed by atoms with Gasteiger partial charge in [-0.25, -0.2) is 4.98 Å². The minimum Gasteiger partial charge on any atom is -0.362 e. The molecule has 0 radical (unpaired) electrons. The summed E-state index contributed by atoms with van der Waals surface area (Å²) >= 11 is 0. The first-order chi connectivity index (χ1) is 15.8. The summed E-state index contributed by atoms with van der Waals surface area (Å²) in [7, 11) is 0. The zero-order valence-electron chi connectivity index (χ0n) is 18.6. The molecule has 1 aromatic carbocycles. The first-order valence-electron chi connectivity index (χ1n) is 10.9. The van der Waals surface area contributed by atoms with Crippen molar-refractivity contribution in [3.05, 3.63) is 90.3 Å². The number of aromatic amines is 1. The second-order valence-corrected chi connectivity index (χ2v) is 8.40. The van der Waals surface area contributed by atoms with Gasteiger partial charge >= 0.3 is 6.18 Å². The topological polar surface area (TPSA) is 47.2 Å². The van der Waals surface area contributed by atoms with Crippen molar-refractivity contribution in [1.82, 2.24) is 25.1 Å². The van der Waals surface area contributed by atoms with Gasteiger partial charge in [-0.2, -0.15) is 13.2 Å². The molecule has 1 saturated heterocycles. The Hall–Kier alpha value is -3.26. The van der Waals surface area contributed by atoms with E-state index in [0.29, 0.717) is 17.4 Å². The first-order valence-corrected chi connectivity index (χ1v) is 10.9. The molecule has 0 amide bonds. The lowest BCUT2D eigenvalue weighted by Gasteiger charge is -2.39. The van der Waals surface area contributed by atoms with E-state index in [-0.39, 0.29) is 0 Å². The van der Waals surface area contributed by atoms with Crippen LogP contribution in [0.3, 0.4) is 0 Å². The molecule has 1 fully saturated rings. The highest BCUT2D eigenvalue weighted by Crippen LogP contribution is 2.31. The van der Waals surface area contributed by atoms with Crippen LogP contribution in [0.4, 0.5) is 13.2 Å². The Kier molecular flexibility index (Phi) is 6.47. The van der Waals surface area contributed by atoms with E-state index in [4.69, 9.17) is 0 Å². The van der Waals surface area contributed by atoms with Gasteiger partial charge in [0.05, 0.1) is 5.56 Å². The van der Waals surface area contributed by atoms with Crippen molar-refractivity contribution >= 4 is 0 Å². The molecule has 2 aliphatic rings. The summed E-state index contributed by atoms with van der Waals surface area (Å²) in [5.74, 6) is 0.576. The molecule has 0 spiro atoms.